The molecule has 1 heterocycles. The van der Waals surface area contributed by atoms with Crippen molar-refractivity contribution in [2.45, 2.75) is 31.7 Å². The summed E-state index contributed by atoms with van der Waals surface area (Å²) in [4.78, 5) is 0. The summed E-state index contributed by atoms with van der Waals surface area (Å²) in [6, 6.07) is 4.00. The van der Waals surface area contributed by atoms with E-state index >= 15 is 0 Å². The van der Waals surface area contributed by atoms with E-state index in [0.29, 0.717) is 0 Å². The van der Waals surface area contributed by atoms with Gasteiger partial charge >= 0.3 is 0 Å². The SMILES string of the molecule is Cc1ccc(CC2(N)CC2)o1. The van der Waals surface area contributed by atoms with Crippen LogP contribution in [0.15, 0.2) is 16.5 Å². The molecule has 2 rings (SSSR count). The predicted molar refractivity (Wildman–Crippen MR) is 43.3 cm³/mol. The van der Waals surface area contributed by atoms with Gasteiger partial charge in [-0.15, -0.1) is 0 Å². The zero-order valence-corrected chi connectivity index (χ0v) is 6.76. The van der Waals surface area contributed by atoms with Gasteiger partial charge in [0.15, 0.2) is 0 Å². The minimum atomic E-state index is 0.0737. The van der Waals surface area contributed by atoms with Crippen LogP contribution < -0.4 is 5.73 Å². The van der Waals surface area contributed by atoms with Crippen molar-refractivity contribution >= 4 is 0 Å². The summed E-state index contributed by atoms with van der Waals surface area (Å²) in [5, 5.41) is 0. The number of nitrogens with two attached hydrogens (primary N) is 1. The Balaban J connectivity index is 2.06. The minimum absolute atomic E-state index is 0.0737. The largest absolute Gasteiger partial charge is 0.466 e. The van der Waals surface area contributed by atoms with E-state index in [9.17, 15) is 0 Å². The van der Waals surface area contributed by atoms with Gasteiger partial charge in [-0.3, -0.25) is 0 Å². The monoisotopic (exact) mass is 151 g/mol. The number of aryl methyl sites for hydroxylation is 1. The first-order valence-corrected chi connectivity index (χ1v) is 4.02. The third kappa shape index (κ3) is 1.46. The van der Waals surface area contributed by atoms with Gasteiger partial charge in [-0.2, -0.15) is 0 Å². The first kappa shape index (κ1) is 6.92. The lowest BCUT2D eigenvalue weighted by Gasteiger charge is -2.03. The maximum absolute atomic E-state index is 5.93. The highest BCUT2D eigenvalue weighted by Gasteiger charge is 2.38. The molecule has 11 heavy (non-hydrogen) atoms. The Morgan fingerprint density at radius 3 is 2.73 bits per heavy atom. The molecule has 0 spiro atoms. The second-order valence-corrected chi connectivity index (χ2v) is 3.55. The van der Waals surface area contributed by atoms with Crippen molar-refractivity contribution < 1.29 is 4.42 Å². The van der Waals surface area contributed by atoms with Crippen LogP contribution >= 0.6 is 0 Å². The lowest BCUT2D eigenvalue weighted by molar-refractivity contribution is 0.459. The van der Waals surface area contributed by atoms with Crippen LogP contribution in [0.25, 0.3) is 0 Å². The Hall–Kier alpha value is -0.760. The van der Waals surface area contributed by atoms with Gasteiger partial charge in [-0.25, -0.2) is 0 Å². The zero-order valence-electron chi connectivity index (χ0n) is 6.76. The van der Waals surface area contributed by atoms with Crippen molar-refractivity contribution in [3.63, 3.8) is 0 Å². The molecule has 1 saturated carbocycles. The van der Waals surface area contributed by atoms with Crippen molar-refractivity contribution in [1.82, 2.24) is 0 Å². The van der Waals surface area contributed by atoms with Crippen molar-refractivity contribution in [1.29, 1.82) is 0 Å². The molecule has 1 aliphatic rings. The molecule has 0 atom stereocenters. The van der Waals surface area contributed by atoms with Crippen molar-refractivity contribution in [3.05, 3.63) is 23.7 Å². The minimum Gasteiger partial charge on any atom is -0.466 e. The molecule has 0 radical (unpaired) electrons. The van der Waals surface area contributed by atoms with E-state index in [1.807, 2.05) is 19.1 Å². The molecular weight excluding hydrogens is 138 g/mol. The van der Waals surface area contributed by atoms with Crippen LogP contribution in [0, 0.1) is 6.92 Å². The molecule has 0 bridgehead atoms. The first-order chi connectivity index (χ1) is 5.18. The molecule has 1 aliphatic carbocycles. The second-order valence-electron chi connectivity index (χ2n) is 3.55. The lowest BCUT2D eigenvalue weighted by atomic mass is 10.1. The van der Waals surface area contributed by atoms with E-state index < -0.39 is 0 Å². The smallest absolute Gasteiger partial charge is 0.105 e. The summed E-state index contributed by atoms with van der Waals surface area (Å²) in [6.07, 6.45) is 3.19. The van der Waals surface area contributed by atoms with Crippen LogP contribution in [0.2, 0.25) is 0 Å². The number of rotatable bonds is 2. The maximum atomic E-state index is 5.93. The van der Waals surface area contributed by atoms with Gasteiger partial charge in [0.2, 0.25) is 0 Å². The quantitative estimate of drug-likeness (QED) is 0.697. The van der Waals surface area contributed by atoms with Crippen molar-refractivity contribution in [2.75, 3.05) is 0 Å². The average molecular weight is 151 g/mol. The van der Waals surface area contributed by atoms with E-state index in [4.69, 9.17) is 10.2 Å². The van der Waals surface area contributed by atoms with E-state index in [1.165, 1.54) is 0 Å². The van der Waals surface area contributed by atoms with Gasteiger partial charge in [-0.05, 0) is 31.9 Å². The van der Waals surface area contributed by atoms with Crippen LogP contribution in [0.3, 0.4) is 0 Å². The average Bonchev–Trinajstić information content (AvgIpc) is 2.49. The molecule has 2 N–H and O–H groups in total. The van der Waals surface area contributed by atoms with Gasteiger partial charge in [0.25, 0.3) is 0 Å². The van der Waals surface area contributed by atoms with Crippen molar-refractivity contribution in [3.8, 4) is 0 Å². The molecular formula is C9H13NO. The molecule has 60 valence electrons. The van der Waals surface area contributed by atoms with E-state index in [0.717, 1.165) is 30.8 Å². The van der Waals surface area contributed by atoms with E-state index in [1.54, 1.807) is 0 Å². The van der Waals surface area contributed by atoms with Crippen LogP contribution in [-0.2, 0) is 6.42 Å². The lowest BCUT2D eigenvalue weighted by Crippen LogP contribution is -2.24. The molecule has 1 fully saturated rings. The fourth-order valence-electron chi connectivity index (χ4n) is 1.26. The Morgan fingerprint density at radius 2 is 2.27 bits per heavy atom. The predicted octanol–water partition coefficient (Wildman–Crippen LogP) is 1.62. The molecule has 0 aromatic carbocycles. The molecule has 0 unspecified atom stereocenters. The highest BCUT2D eigenvalue weighted by atomic mass is 16.3. The molecule has 0 amide bonds. The summed E-state index contributed by atoms with van der Waals surface area (Å²) in [5.41, 5.74) is 6.00. The number of hydrogen-bond acceptors (Lipinski definition) is 2. The normalized spacial score (nSPS) is 20.2. The summed E-state index contributed by atoms with van der Waals surface area (Å²) in [5.74, 6) is 2.01. The van der Waals surface area contributed by atoms with E-state index in [-0.39, 0.29) is 5.54 Å². The fourth-order valence-corrected chi connectivity index (χ4v) is 1.26. The van der Waals surface area contributed by atoms with Gasteiger partial charge < -0.3 is 10.2 Å². The molecule has 0 saturated heterocycles. The molecule has 2 nitrogen and oxygen atoms in total. The van der Waals surface area contributed by atoms with Crippen LogP contribution in [0.5, 0.6) is 0 Å². The highest BCUT2D eigenvalue weighted by Crippen LogP contribution is 2.35. The summed E-state index contributed by atoms with van der Waals surface area (Å²) in [6.45, 7) is 1.96. The van der Waals surface area contributed by atoms with Gasteiger partial charge in [-0.1, -0.05) is 0 Å². The summed E-state index contributed by atoms with van der Waals surface area (Å²) in [7, 11) is 0. The Kier molecular flexibility index (Phi) is 1.33. The highest BCUT2D eigenvalue weighted by molar-refractivity contribution is 5.13. The van der Waals surface area contributed by atoms with Crippen LogP contribution in [0.4, 0.5) is 0 Å². The molecule has 0 aliphatic heterocycles. The third-order valence-electron chi connectivity index (χ3n) is 2.21. The number of hydrogen-bond donors (Lipinski definition) is 1. The summed E-state index contributed by atoms with van der Waals surface area (Å²) < 4.78 is 5.42. The topological polar surface area (TPSA) is 39.2 Å². The molecule has 1 aromatic rings. The van der Waals surface area contributed by atoms with Gasteiger partial charge in [0.05, 0.1) is 0 Å². The van der Waals surface area contributed by atoms with E-state index in [2.05, 4.69) is 0 Å². The van der Waals surface area contributed by atoms with Crippen molar-refractivity contribution in [2.24, 2.45) is 5.73 Å². The number of furan rings is 1. The fraction of sp³-hybridized carbons (Fsp3) is 0.556. The Bertz CT molecular complexity index is 260. The Morgan fingerprint density at radius 1 is 1.55 bits per heavy atom. The standard InChI is InChI=1S/C9H13NO/c1-7-2-3-8(11-7)6-9(10)4-5-9/h2-3H,4-6,10H2,1H3. The summed E-state index contributed by atoms with van der Waals surface area (Å²) >= 11 is 0. The van der Waals surface area contributed by atoms with Crippen LogP contribution in [-0.4, -0.2) is 5.54 Å². The van der Waals surface area contributed by atoms with Gasteiger partial charge in [0.1, 0.15) is 11.5 Å². The Labute approximate surface area is 66.4 Å². The molecule has 2 heteroatoms. The van der Waals surface area contributed by atoms with Gasteiger partial charge in [0, 0.05) is 12.0 Å². The van der Waals surface area contributed by atoms with Crippen LogP contribution in [0.1, 0.15) is 24.4 Å². The first-order valence-electron chi connectivity index (χ1n) is 4.02. The zero-order chi connectivity index (χ0) is 7.90. The third-order valence-corrected chi connectivity index (χ3v) is 2.21. The maximum Gasteiger partial charge on any atom is 0.105 e. The second kappa shape index (κ2) is 2.11. The molecule has 1 aromatic heterocycles.